The highest BCUT2D eigenvalue weighted by Gasteiger charge is 2.25. The first-order valence-corrected chi connectivity index (χ1v) is 9.92. The van der Waals surface area contributed by atoms with Crippen molar-refractivity contribution in [3.63, 3.8) is 0 Å². The van der Waals surface area contributed by atoms with E-state index in [-0.39, 0.29) is 11.8 Å². The number of nitrogens with one attached hydrogen (secondary N) is 1. The number of likely N-dealkylation sites (tertiary alicyclic amines) is 1. The number of nitrogens with zero attached hydrogens (tertiary/aromatic N) is 1. The van der Waals surface area contributed by atoms with Gasteiger partial charge in [0.1, 0.15) is 5.75 Å². The monoisotopic (exact) mass is 414 g/mol. The van der Waals surface area contributed by atoms with Gasteiger partial charge in [-0.1, -0.05) is 29.8 Å². The number of benzene rings is 2. The van der Waals surface area contributed by atoms with Crippen molar-refractivity contribution in [1.29, 1.82) is 0 Å². The number of halogens is 1. The number of carbonyl (C=O) groups excluding carboxylic acids is 3. The van der Waals surface area contributed by atoms with E-state index in [2.05, 4.69) is 5.32 Å². The van der Waals surface area contributed by atoms with Crippen molar-refractivity contribution in [2.75, 3.05) is 19.6 Å². The molecule has 29 heavy (non-hydrogen) atoms. The quantitative estimate of drug-likeness (QED) is 0.599. The van der Waals surface area contributed by atoms with Gasteiger partial charge in [-0.05, 0) is 49.1 Å². The minimum atomic E-state index is -0.430. The van der Waals surface area contributed by atoms with Crippen LogP contribution in [0.3, 0.4) is 0 Å². The first-order chi connectivity index (χ1) is 13.9. The molecule has 0 aromatic heterocycles. The zero-order chi connectivity index (χ0) is 20.8. The van der Waals surface area contributed by atoms with Crippen molar-refractivity contribution in [2.24, 2.45) is 5.92 Å². The van der Waals surface area contributed by atoms with E-state index in [4.69, 9.17) is 16.3 Å². The topological polar surface area (TPSA) is 75.7 Å². The highest BCUT2D eigenvalue weighted by Crippen LogP contribution is 2.22. The molecular formula is C22H23ClN2O4. The smallest absolute Gasteiger partial charge is 0.308 e. The third-order valence-electron chi connectivity index (χ3n) is 4.92. The molecule has 0 radical (unpaired) electrons. The van der Waals surface area contributed by atoms with Gasteiger partial charge in [0.25, 0.3) is 11.8 Å². The maximum Gasteiger partial charge on any atom is 0.308 e. The molecule has 152 valence electrons. The zero-order valence-electron chi connectivity index (χ0n) is 16.2. The van der Waals surface area contributed by atoms with E-state index in [0.717, 1.165) is 12.8 Å². The number of hydrogen-bond acceptors (Lipinski definition) is 4. The Balaban J connectivity index is 1.49. The van der Waals surface area contributed by atoms with Crippen LogP contribution in [0.4, 0.5) is 0 Å². The summed E-state index contributed by atoms with van der Waals surface area (Å²) in [6, 6.07) is 13.6. The predicted octanol–water partition coefficient (Wildman–Crippen LogP) is 3.55. The molecule has 1 N–H and O–H groups in total. The summed E-state index contributed by atoms with van der Waals surface area (Å²) in [6.07, 6.45) is 1.62. The largest absolute Gasteiger partial charge is 0.427 e. The number of hydrogen-bond donors (Lipinski definition) is 1. The fourth-order valence-electron chi connectivity index (χ4n) is 3.35. The van der Waals surface area contributed by atoms with Gasteiger partial charge in [-0.2, -0.15) is 0 Å². The summed E-state index contributed by atoms with van der Waals surface area (Å²) in [5.74, 6) is -0.0583. The zero-order valence-corrected chi connectivity index (χ0v) is 16.9. The van der Waals surface area contributed by atoms with Gasteiger partial charge < -0.3 is 15.0 Å². The van der Waals surface area contributed by atoms with Crippen molar-refractivity contribution < 1.29 is 19.1 Å². The van der Waals surface area contributed by atoms with Crippen LogP contribution in [-0.2, 0) is 4.79 Å². The van der Waals surface area contributed by atoms with Crippen LogP contribution in [0.25, 0.3) is 0 Å². The molecule has 0 aliphatic carbocycles. The van der Waals surface area contributed by atoms with Gasteiger partial charge in [0.15, 0.2) is 0 Å². The summed E-state index contributed by atoms with van der Waals surface area (Å²) < 4.78 is 5.01. The Hall–Kier alpha value is -2.86. The van der Waals surface area contributed by atoms with Crippen LogP contribution in [0.15, 0.2) is 48.5 Å². The highest BCUT2D eigenvalue weighted by molar-refractivity contribution is 6.33. The highest BCUT2D eigenvalue weighted by atomic mass is 35.5. The van der Waals surface area contributed by atoms with Gasteiger partial charge in [-0.15, -0.1) is 0 Å². The molecule has 0 spiro atoms. The van der Waals surface area contributed by atoms with Crippen LogP contribution in [-0.4, -0.2) is 42.3 Å². The summed E-state index contributed by atoms with van der Waals surface area (Å²) in [4.78, 5) is 37.9. The molecular weight excluding hydrogens is 392 g/mol. The fourth-order valence-corrected chi connectivity index (χ4v) is 3.57. The predicted molar refractivity (Wildman–Crippen MR) is 110 cm³/mol. The Morgan fingerprint density at radius 2 is 1.83 bits per heavy atom. The minimum Gasteiger partial charge on any atom is -0.427 e. The third kappa shape index (κ3) is 5.57. The molecule has 7 heteroatoms. The number of rotatable bonds is 5. The second-order valence-electron chi connectivity index (χ2n) is 7.05. The Bertz CT molecular complexity index is 907. The van der Waals surface area contributed by atoms with Crippen LogP contribution < -0.4 is 10.1 Å². The molecule has 2 amide bonds. The van der Waals surface area contributed by atoms with E-state index in [9.17, 15) is 14.4 Å². The average molecular weight is 415 g/mol. The number of ether oxygens (including phenoxy) is 1. The van der Waals surface area contributed by atoms with Crippen molar-refractivity contribution in [2.45, 2.75) is 19.8 Å². The normalized spacial score (nSPS) is 14.3. The lowest BCUT2D eigenvalue weighted by Crippen LogP contribution is -2.41. The van der Waals surface area contributed by atoms with Gasteiger partial charge in [-0.3, -0.25) is 14.4 Å². The van der Waals surface area contributed by atoms with Crippen molar-refractivity contribution in [1.82, 2.24) is 10.2 Å². The van der Waals surface area contributed by atoms with Crippen LogP contribution in [0.1, 0.15) is 40.5 Å². The lowest BCUT2D eigenvalue weighted by molar-refractivity contribution is -0.131. The van der Waals surface area contributed by atoms with Gasteiger partial charge in [0.2, 0.25) is 0 Å². The lowest BCUT2D eigenvalue weighted by atomic mass is 9.96. The fraction of sp³-hybridized carbons (Fsp3) is 0.318. The van der Waals surface area contributed by atoms with Gasteiger partial charge in [-0.25, -0.2) is 0 Å². The SMILES string of the molecule is CC(=O)Oc1cccc(C(=O)NCC2CCN(C(=O)c3ccccc3Cl)CC2)c1. The molecule has 1 fully saturated rings. The Morgan fingerprint density at radius 3 is 2.52 bits per heavy atom. The van der Waals surface area contributed by atoms with E-state index in [1.54, 1.807) is 48.5 Å². The Labute approximate surface area is 174 Å². The van der Waals surface area contributed by atoms with Crippen molar-refractivity contribution in [3.05, 3.63) is 64.7 Å². The lowest BCUT2D eigenvalue weighted by Gasteiger charge is -2.32. The molecule has 1 heterocycles. The van der Waals surface area contributed by atoms with E-state index in [1.165, 1.54) is 6.92 Å². The first kappa shape index (κ1) is 20.9. The summed E-state index contributed by atoms with van der Waals surface area (Å²) in [5, 5.41) is 3.39. The molecule has 3 rings (SSSR count). The van der Waals surface area contributed by atoms with E-state index < -0.39 is 5.97 Å². The maximum absolute atomic E-state index is 12.6. The van der Waals surface area contributed by atoms with Crippen LogP contribution in [0, 0.1) is 5.92 Å². The molecule has 1 aliphatic rings. The summed E-state index contributed by atoms with van der Waals surface area (Å²) in [6.45, 7) is 3.11. The molecule has 2 aromatic carbocycles. The Morgan fingerprint density at radius 1 is 1.10 bits per heavy atom. The molecule has 0 unspecified atom stereocenters. The summed E-state index contributed by atoms with van der Waals surface area (Å²) in [5.41, 5.74) is 0.962. The number of esters is 1. The van der Waals surface area contributed by atoms with Crippen LogP contribution in [0.5, 0.6) is 5.75 Å². The third-order valence-corrected chi connectivity index (χ3v) is 5.24. The van der Waals surface area contributed by atoms with Gasteiger partial charge in [0.05, 0.1) is 10.6 Å². The number of carbonyl (C=O) groups is 3. The Kier molecular flexibility index (Phi) is 6.88. The van der Waals surface area contributed by atoms with Gasteiger partial charge >= 0.3 is 5.97 Å². The minimum absolute atomic E-state index is 0.0552. The second kappa shape index (κ2) is 9.56. The first-order valence-electron chi connectivity index (χ1n) is 9.54. The van der Waals surface area contributed by atoms with Crippen LogP contribution >= 0.6 is 11.6 Å². The summed E-state index contributed by atoms with van der Waals surface area (Å²) >= 11 is 6.13. The van der Waals surface area contributed by atoms with Crippen LogP contribution in [0.2, 0.25) is 5.02 Å². The summed E-state index contributed by atoms with van der Waals surface area (Å²) in [7, 11) is 0. The van der Waals surface area contributed by atoms with Crippen molar-refractivity contribution >= 4 is 29.4 Å². The molecule has 1 saturated heterocycles. The van der Waals surface area contributed by atoms with E-state index in [1.807, 2.05) is 4.90 Å². The average Bonchev–Trinajstić information content (AvgIpc) is 2.72. The maximum atomic E-state index is 12.6. The molecule has 0 bridgehead atoms. The van der Waals surface area contributed by atoms with Crippen molar-refractivity contribution in [3.8, 4) is 5.75 Å². The number of piperidine rings is 1. The molecule has 2 aromatic rings. The standard InChI is InChI=1S/C22H23ClN2O4/c1-15(26)29-18-6-4-5-17(13-18)21(27)24-14-16-9-11-25(12-10-16)22(28)19-7-2-3-8-20(19)23/h2-8,13,16H,9-12,14H2,1H3,(H,24,27). The second-order valence-corrected chi connectivity index (χ2v) is 7.45. The number of amides is 2. The molecule has 1 aliphatic heterocycles. The molecule has 0 atom stereocenters. The van der Waals surface area contributed by atoms with E-state index >= 15 is 0 Å². The molecule has 6 nitrogen and oxygen atoms in total. The van der Waals surface area contributed by atoms with E-state index in [0.29, 0.717) is 47.5 Å². The molecule has 0 saturated carbocycles. The van der Waals surface area contributed by atoms with Gasteiger partial charge in [0, 0.05) is 32.1 Å².